The fraction of sp³-hybridized carbons (Fsp3) is 0.429. The number of benzene rings is 2. The highest BCUT2D eigenvalue weighted by Gasteiger charge is 2.35. The van der Waals surface area contributed by atoms with Crippen molar-refractivity contribution in [3.05, 3.63) is 64.2 Å². The molecule has 2 aromatic carbocycles. The van der Waals surface area contributed by atoms with Crippen molar-refractivity contribution < 1.29 is 8.42 Å². The van der Waals surface area contributed by atoms with Crippen molar-refractivity contribution in [2.75, 3.05) is 6.54 Å². The van der Waals surface area contributed by atoms with E-state index < -0.39 is 10.0 Å². The van der Waals surface area contributed by atoms with E-state index in [1.54, 1.807) is 4.31 Å². The molecule has 3 nitrogen and oxygen atoms in total. The van der Waals surface area contributed by atoms with Crippen molar-refractivity contribution in [3.8, 4) is 0 Å². The van der Waals surface area contributed by atoms with Gasteiger partial charge in [-0.2, -0.15) is 4.31 Å². The normalized spacial score (nSPS) is 19.1. The van der Waals surface area contributed by atoms with Crippen molar-refractivity contribution in [2.24, 2.45) is 0 Å². The average Bonchev–Trinajstić information content (AvgIpc) is 2.58. The maximum absolute atomic E-state index is 13.4. The van der Waals surface area contributed by atoms with Crippen molar-refractivity contribution in [1.29, 1.82) is 0 Å². The van der Waals surface area contributed by atoms with Gasteiger partial charge in [0.05, 0.1) is 10.9 Å². The van der Waals surface area contributed by atoms with Crippen LogP contribution in [0.1, 0.15) is 53.1 Å². The van der Waals surface area contributed by atoms with Gasteiger partial charge < -0.3 is 0 Å². The van der Waals surface area contributed by atoms with E-state index >= 15 is 0 Å². The minimum atomic E-state index is -3.51. The van der Waals surface area contributed by atoms with Crippen LogP contribution in [0.5, 0.6) is 0 Å². The van der Waals surface area contributed by atoms with Crippen LogP contribution in [0.15, 0.2) is 41.3 Å². The summed E-state index contributed by atoms with van der Waals surface area (Å²) in [6.07, 6.45) is 2.87. The second-order valence-corrected chi connectivity index (χ2v) is 9.10. The van der Waals surface area contributed by atoms with Crippen molar-refractivity contribution in [2.45, 2.75) is 57.9 Å². The third kappa shape index (κ3) is 3.51. The lowest BCUT2D eigenvalue weighted by atomic mass is 9.97. The van der Waals surface area contributed by atoms with Gasteiger partial charge in [0.15, 0.2) is 0 Å². The van der Waals surface area contributed by atoms with Crippen molar-refractivity contribution >= 4 is 10.0 Å². The summed E-state index contributed by atoms with van der Waals surface area (Å²) >= 11 is 0. The molecule has 1 aliphatic rings. The second-order valence-electron chi connectivity index (χ2n) is 7.24. The Bertz CT molecular complexity index is 870. The lowest BCUT2D eigenvalue weighted by Gasteiger charge is -2.35. The van der Waals surface area contributed by atoms with E-state index in [0.717, 1.165) is 41.5 Å². The van der Waals surface area contributed by atoms with Gasteiger partial charge >= 0.3 is 0 Å². The molecule has 2 aromatic rings. The molecule has 0 unspecified atom stereocenters. The topological polar surface area (TPSA) is 37.4 Å². The molecule has 0 spiro atoms. The molecular weight excluding hydrogens is 330 g/mol. The molecule has 1 heterocycles. The van der Waals surface area contributed by atoms with Gasteiger partial charge in [0.1, 0.15) is 0 Å². The van der Waals surface area contributed by atoms with Crippen LogP contribution in [0, 0.1) is 27.7 Å². The molecule has 0 radical (unpaired) electrons. The molecule has 1 aliphatic heterocycles. The minimum absolute atomic E-state index is 0.0691. The molecule has 0 saturated carbocycles. The third-order valence-electron chi connectivity index (χ3n) is 5.29. The van der Waals surface area contributed by atoms with Crippen LogP contribution in [0.4, 0.5) is 0 Å². The summed E-state index contributed by atoms with van der Waals surface area (Å²) in [7, 11) is -3.51. The van der Waals surface area contributed by atoms with Gasteiger partial charge in [0.25, 0.3) is 0 Å². The van der Waals surface area contributed by atoms with Crippen LogP contribution in [0.3, 0.4) is 0 Å². The molecule has 1 saturated heterocycles. The monoisotopic (exact) mass is 357 g/mol. The number of hydrogen-bond donors (Lipinski definition) is 0. The van der Waals surface area contributed by atoms with Gasteiger partial charge in [-0.05, 0) is 68.9 Å². The highest BCUT2D eigenvalue weighted by Crippen LogP contribution is 2.36. The predicted octanol–water partition coefficient (Wildman–Crippen LogP) is 4.84. The Hall–Kier alpha value is -1.65. The Balaban J connectivity index is 2.05. The van der Waals surface area contributed by atoms with Gasteiger partial charge in [0.2, 0.25) is 10.0 Å². The van der Waals surface area contributed by atoms with Crippen LogP contribution in [-0.4, -0.2) is 19.3 Å². The number of sulfonamides is 1. The molecule has 0 N–H and O–H groups in total. The van der Waals surface area contributed by atoms with Crippen LogP contribution < -0.4 is 0 Å². The Morgan fingerprint density at radius 1 is 0.880 bits per heavy atom. The van der Waals surface area contributed by atoms with Crippen LogP contribution in [0.2, 0.25) is 0 Å². The molecule has 25 heavy (non-hydrogen) atoms. The average molecular weight is 358 g/mol. The van der Waals surface area contributed by atoms with Gasteiger partial charge in [-0.1, -0.05) is 42.3 Å². The molecule has 0 aromatic heterocycles. The molecular formula is C21H27NO2S. The van der Waals surface area contributed by atoms with Crippen LogP contribution >= 0.6 is 0 Å². The number of hydrogen-bond acceptors (Lipinski definition) is 2. The maximum Gasteiger partial charge on any atom is 0.243 e. The molecule has 0 aliphatic carbocycles. The third-order valence-corrected chi connectivity index (χ3v) is 7.34. The van der Waals surface area contributed by atoms with Gasteiger partial charge in [-0.25, -0.2) is 8.42 Å². The van der Waals surface area contributed by atoms with E-state index in [-0.39, 0.29) is 6.04 Å². The standard InChI is InChI=1S/C21H27NO2S/c1-15-8-10-19(11-9-15)20-7-5-6-12-22(20)25(23,24)21-14-17(3)16(2)13-18(21)4/h8-11,13-14,20H,5-7,12H2,1-4H3/t20-/m1/s1. The first-order valence-corrected chi connectivity index (χ1v) is 10.4. The zero-order chi connectivity index (χ0) is 18.2. The molecule has 1 fully saturated rings. The summed E-state index contributed by atoms with van der Waals surface area (Å²) in [5, 5.41) is 0. The minimum Gasteiger partial charge on any atom is -0.207 e. The lowest BCUT2D eigenvalue weighted by molar-refractivity contribution is 0.256. The maximum atomic E-state index is 13.4. The quantitative estimate of drug-likeness (QED) is 0.788. The van der Waals surface area contributed by atoms with Gasteiger partial charge in [-0.3, -0.25) is 0 Å². The summed E-state index contributed by atoms with van der Waals surface area (Å²) < 4.78 is 28.6. The fourth-order valence-electron chi connectivity index (χ4n) is 3.65. The number of nitrogens with zero attached hydrogens (tertiary/aromatic N) is 1. The Morgan fingerprint density at radius 2 is 1.52 bits per heavy atom. The Labute approximate surface area is 151 Å². The molecule has 3 rings (SSSR count). The number of rotatable bonds is 3. The van der Waals surface area contributed by atoms with Gasteiger partial charge in [-0.15, -0.1) is 0 Å². The van der Waals surface area contributed by atoms with E-state index in [1.165, 1.54) is 5.56 Å². The van der Waals surface area contributed by atoms with Crippen LogP contribution in [-0.2, 0) is 10.0 Å². The predicted molar refractivity (Wildman–Crippen MR) is 102 cm³/mol. The molecule has 1 atom stereocenters. The van der Waals surface area contributed by atoms with Crippen molar-refractivity contribution in [3.63, 3.8) is 0 Å². The fourth-order valence-corrected chi connectivity index (χ4v) is 5.63. The highest BCUT2D eigenvalue weighted by molar-refractivity contribution is 7.89. The zero-order valence-corrected chi connectivity index (χ0v) is 16.4. The summed E-state index contributed by atoms with van der Waals surface area (Å²) in [6.45, 7) is 8.53. The Kier molecular flexibility index (Phi) is 5.03. The second kappa shape index (κ2) is 6.93. The molecule has 134 valence electrons. The van der Waals surface area contributed by atoms with E-state index in [9.17, 15) is 8.42 Å². The van der Waals surface area contributed by atoms with E-state index in [0.29, 0.717) is 11.4 Å². The summed E-state index contributed by atoms with van der Waals surface area (Å²) in [4.78, 5) is 0.453. The highest BCUT2D eigenvalue weighted by atomic mass is 32.2. The van der Waals surface area contributed by atoms with Crippen molar-refractivity contribution in [1.82, 2.24) is 4.31 Å². The number of piperidine rings is 1. The Morgan fingerprint density at radius 3 is 2.20 bits per heavy atom. The summed E-state index contributed by atoms with van der Waals surface area (Å²) in [6, 6.07) is 12.0. The first-order valence-electron chi connectivity index (χ1n) is 8.97. The largest absolute Gasteiger partial charge is 0.243 e. The van der Waals surface area contributed by atoms with Gasteiger partial charge in [0, 0.05) is 6.54 Å². The van der Waals surface area contributed by atoms with Crippen LogP contribution in [0.25, 0.3) is 0 Å². The van der Waals surface area contributed by atoms with E-state index in [2.05, 4.69) is 31.2 Å². The molecule has 4 heteroatoms. The summed E-state index contributed by atoms with van der Waals surface area (Å²) in [5.41, 5.74) is 5.27. The first kappa shape index (κ1) is 18.2. The van der Waals surface area contributed by atoms with E-state index in [1.807, 2.05) is 32.9 Å². The smallest absolute Gasteiger partial charge is 0.207 e. The van der Waals surface area contributed by atoms with E-state index in [4.69, 9.17) is 0 Å². The molecule has 0 amide bonds. The zero-order valence-electron chi connectivity index (χ0n) is 15.5. The first-order chi connectivity index (χ1) is 11.8. The lowest BCUT2D eigenvalue weighted by Crippen LogP contribution is -2.38. The number of aryl methyl sites for hydroxylation is 4. The molecule has 0 bridgehead atoms. The SMILES string of the molecule is Cc1ccc([C@H]2CCCCN2S(=O)(=O)c2cc(C)c(C)cc2C)cc1. The summed E-state index contributed by atoms with van der Waals surface area (Å²) in [5.74, 6) is 0.